The Morgan fingerprint density at radius 1 is 1.52 bits per heavy atom. The van der Waals surface area contributed by atoms with Gasteiger partial charge in [0.1, 0.15) is 11.2 Å². The van der Waals surface area contributed by atoms with E-state index in [2.05, 4.69) is 4.98 Å². The van der Waals surface area contributed by atoms with E-state index in [4.69, 9.17) is 0 Å². The van der Waals surface area contributed by atoms with Crippen LogP contribution in [0.15, 0.2) is 35.8 Å². The predicted molar refractivity (Wildman–Crippen MR) is 85.1 cm³/mol. The van der Waals surface area contributed by atoms with E-state index in [1.165, 1.54) is 23.5 Å². The number of aromatic nitrogens is 1. The fourth-order valence-corrected chi connectivity index (χ4v) is 3.76. The summed E-state index contributed by atoms with van der Waals surface area (Å²) < 4.78 is 13.4. The smallest absolute Gasteiger partial charge is 0.314 e. The molecule has 0 unspecified atom stereocenters. The molecule has 0 bridgehead atoms. The summed E-state index contributed by atoms with van der Waals surface area (Å²) >= 11 is 1.43. The molecule has 0 aliphatic carbocycles. The molecule has 2 heterocycles. The predicted octanol–water partition coefficient (Wildman–Crippen LogP) is 2.17. The van der Waals surface area contributed by atoms with Gasteiger partial charge in [-0.2, -0.15) is 0 Å². The summed E-state index contributed by atoms with van der Waals surface area (Å²) in [6.45, 7) is 0.695. The van der Waals surface area contributed by atoms with Crippen LogP contribution in [-0.4, -0.2) is 40.4 Å². The molecular formula is C16H17FN2O3S. The average Bonchev–Trinajstić information content (AvgIpc) is 3.03. The molecule has 23 heavy (non-hydrogen) atoms. The van der Waals surface area contributed by atoms with Crippen molar-refractivity contribution in [3.8, 4) is 0 Å². The maximum Gasteiger partial charge on any atom is 0.314 e. The van der Waals surface area contributed by atoms with Crippen molar-refractivity contribution in [2.75, 3.05) is 18.0 Å². The summed E-state index contributed by atoms with van der Waals surface area (Å²) in [7, 11) is 0. The van der Waals surface area contributed by atoms with Crippen LogP contribution in [0.4, 0.5) is 9.52 Å². The summed E-state index contributed by atoms with van der Waals surface area (Å²) in [6, 6.07) is 5.87. The molecule has 2 N–H and O–H groups in total. The first-order chi connectivity index (χ1) is 11.0. The molecule has 0 saturated carbocycles. The Labute approximate surface area is 137 Å². The molecule has 7 heteroatoms. The van der Waals surface area contributed by atoms with Gasteiger partial charge in [0.25, 0.3) is 0 Å². The molecule has 1 aromatic heterocycles. The first kappa shape index (κ1) is 15.9. The number of rotatable bonds is 4. The molecule has 0 spiro atoms. The molecule has 1 aliphatic rings. The van der Waals surface area contributed by atoms with E-state index in [9.17, 15) is 19.4 Å². The third-order valence-corrected chi connectivity index (χ3v) is 5.14. The van der Waals surface area contributed by atoms with E-state index in [1.54, 1.807) is 18.3 Å². The number of hydrogen-bond acceptors (Lipinski definition) is 5. The van der Waals surface area contributed by atoms with Crippen molar-refractivity contribution in [3.63, 3.8) is 0 Å². The van der Waals surface area contributed by atoms with Crippen molar-refractivity contribution >= 4 is 22.4 Å². The monoisotopic (exact) mass is 336 g/mol. The van der Waals surface area contributed by atoms with Crippen LogP contribution >= 0.6 is 11.3 Å². The second-order valence-electron chi connectivity index (χ2n) is 5.81. The number of aliphatic carboxylic acids is 1. The lowest BCUT2D eigenvalue weighted by molar-refractivity contribution is -0.157. The van der Waals surface area contributed by atoms with Crippen LogP contribution in [0, 0.1) is 11.2 Å². The lowest BCUT2D eigenvalue weighted by Gasteiger charge is -2.43. The van der Waals surface area contributed by atoms with Crippen molar-refractivity contribution < 1.29 is 19.4 Å². The highest BCUT2D eigenvalue weighted by atomic mass is 32.1. The Morgan fingerprint density at radius 2 is 2.35 bits per heavy atom. The van der Waals surface area contributed by atoms with Crippen LogP contribution in [0.3, 0.4) is 0 Å². The van der Waals surface area contributed by atoms with Crippen LogP contribution in [-0.2, 0) is 11.2 Å². The molecule has 1 aromatic carbocycles. The number of carboxylic acid groups (broad SMARTS) is 1. The van der Waals surface area contributed by atoms with Crippen LogP contribution in [0.5, 0.6) is 0 Å². The molecule has 2 atom stereocenters. The quantitative estimate of drug-likeness (QED) is 0.895. The molecule has 1 saturated heterocycles. The van der Waals surface area contributed by atoms with Gasteiger partial charge in [-0.1, -0.05) is 12.1 Å². The minimum absolute atomic E-state index is 0.0726. The summed E-state index contributed by atoms with van der Waals surface area (Å²) in [5.41, 5.74) is -0.815. The number of piperidine rings is 1. The number of aliphatic hydroxyl groups is 1. The first-order valence-electron chi connectivity index (χ1n) is 7.31. The number of aliphatic hydroxyl groups excluding tert-OH is 1. The summed E-state index contributed by atoms with van der Waals surface area (Å²) in [5.74, 6) is -1.49. The Bertz CT molecular complexity index is 694. The van der Waals surface area contributed by atoms with Gasteiger partial charge < -0.3 is 15.1 Å². The van der Waals surface area contributed by atoms with Crippen LogP contribution < -0.4 is 4.90 Å². The highest BCUT2D eigenvalue weighted by molar-refractivity contribution is 7.13. The molecule has 5 nitrogen and oxygen atoms in total. The Morgan fingerprint density at radius 3 is 3.00 bits per heavy atom. The number of benzene rings is 1. The maximum atomic E-state index is 13.4. The number of carboxylic acids is 1. The number of halogens is 1. The molecule has 0 radical (unpaired) electrons. The average molecular weight is 336 g/mol. The van der Waals surface area contributed by atoms with Crippen molar-refractivity contribution in [1.82, 2.24) is 4.98 Å². The fourth-order valence-electron chi connectivity index (χ4n) is 3.09. The molecule has 2 aromatic rings. The number of hydrogen-bond donors (Lipinski definition) is 2. The van der Waals surface area contributed by atoms with Gasteiger partial charge in [0.15, 0.2) is 5.13 Å². The molecule has 1 aliphatic heterocycles. The maximum absolute atomic E-state index is 13.4. The van der Waals surface area contributed by atoms with E-state index in [1.807, 2.05) is 10.3 Å². The largest absolute Gasteiger partial charge is 0.481 e. The number of anilines is 1. The molecular weight excluding hydrogens is 319 g/mol. The van der Waals surface area contributed by atoms with Gasteiger partial charge in [-0.3, -0.25) is 4.79 Å². The van der Waals surface area contributed by atoms with Crippen molar-refractivity contribution in [1.29, 1.82) is 0 Å². The fraction of sp³-hybridized carbons (Fsp3) is 0.375. The Balaban J connectivity index is 1.92. The summed E-state index contributed by atoms with van der Waals surface area (Å²) in [4.78, 5) is 18.1. The second kappa shape index (κ2) is 6.25. The third kappa shape index (κ3) is 3.07. The highest BCUT2D eigenvalue weighted by Gasteiger charge is 2.49. The van der Waals surface area contributed by atoms with Crippen LogP contribution in [0.1, 0.15) is 12.0 Å². The minimum atomic E-state index is -1.38. The highest BCUT2D eigenvalue weighted by Crippen LogP contribution is 2.37. The molecule has 3 rings (SSSR count). The SMILES string of the molecule is O=C(O)[C@]1(Cc2cccc(F)c2)CN(c2nccs2)CC[C@@H]1O. The third-order valence-electron chi connectivity index (χ3n) is 4.31. The zero-order chi connectivity index (χ0) is 16.4. The van der Waals surface area contributed by atoms with Gasteiger partial charge in [-0.25, -0.2) is 9.37 Å². The van der Waals surface area contributed by atoms with Gasteiger partial charge in [-0.05, 0) is 30.5 Å². The summed E-state index contributed by atoms with van der Waals surface area (Å²) in [5, 5.41) is 22.8. The van der Waals surface area contributed by atoms with Crippen LogP contribution in [0.25, 0.3) is 0 Å². The van der Waals surface area contributed by atoms with Crippen molar-refractivity contribution in [3.05, 3.63) is 47.2 Å². The van der Waals surface area contributed by atoms with Gasteiger partial charge in [0, 0.05) is 24.7 Å². The minimum Gasteiger partial charge on any atom is -0.481 e. The van der Waals surface area contributed by atoms with E-state index in [-0.39, 0.29) is 13.0 Å². The second-order valence-corrected chi connectivity index (χ2v) is 6.68. The van der Waals surface area contributed by atoms with Gasteiger partial charge in [0.05, 0.1) is 6.10 Å². The molecule has 0 amide bonds. The Hall–Kier alpha value is -1.99. The zero-order valence-electron chi connectivity index (χ0n) is 12.4. The lowest BCUT2D eigenvalue weighted by Crippen LogP contribution is -2.57. The Kier molecular flexibility index (Phi) is 4.32. The van der Waals surface area contributed by atoms with E-state index < -0.39 is 23.3 Å². The first-order valence-corrected chi connectivity index (χ1v) is 8.19. The van der Waals surface area contributed by atoms with Gasteiger partial charge >= 0.3 is 5.97 Å². The molecule has 1 fully saturated rings. The van der Waals surface area contributed by atoms with E-state index >= 15 is 0 Å². The lowest BCUT2D eigenvalue weighted by atomic mass is 9.73. The normalized spacial score (nSPS) is 24.6. The molecule has 122 valence electrons. The standard InChI is InChI=1S/C16H17FN2O3S/c17-12-3-1-2-11(8-12)9-16(14(21)22)10-19(6-4-13(16)20)15-18-5-7-23-15/h1-3,5,7-8,13,20H,4,6,9-10H2,(H,21,22)/t13-,16+/m0/s1. The van der Waals surface area contributed by atoms with Crippen molar-refractivity contribution in [2.45, 2.75) is 18.9 Å². The number of thiazole rings is 1. The van der Waals surface area contributed by atoms with Gasteiger partial charge in [-0.15, -0.1) is 11.3 Å². The van der Waals surface area contributed by atoms with Crippen LogP contribution in [0.2, 0.25) is 0 Å². The van der Waals surface area contributed by atoms with Gasteiger partial charge in [0.2, 0.25) is 0 Å². The van der Waals surface area contributed by atoms with E-state index in [0.29, 0.717) is 18.5 Å². The topological polar surface area (TPSA) is 73.7 Å². The summed E-state index contributed by atoms with van der Waals surface area (Å²) in [6.07, 6.45) is 1.09. The number of carbonyl (C=O) groups is 1. The zero-order valence-corrected chi connectivity index (χ0v) is 13.2. The number of nitrogens with zero attached hydrogens (tertiary/aromatic N) is 2. The van der Waals surface area contributed by atoms with Crippen molar-refractivity contribution in [2.24, 2.45) is 5.41 Å². The van der Waals surface area contributed by atoms with E-state index in [0.717, 1.165) is 5.13 Å².